The van der Waals surface area contributed by atoms with Gasteiger partial charge in [0, 0.05) is 5.69 Å². The van der Waals surface area contributed by atoms with Gasteiger partial charge in [0.2, 0.25) is 14.9 Å². The third-order valence-electron chi connectivity index (χ3n) is 4.51. The molecule has 29 heavy (non-hydrogen) atoms. The summed E-state index contributed by atoms with van der Waals surface area (Å²) in [7, 11) is -3.85. The number of thiophene rings is 1. The second-order valence-electron chi connectivity index (χ2n) is 6.54. The first-order chi connectivity index (χ1) is 14.0. The maximum absolute atomic E-state index is 13.1. The molecule has 144 valence electrons. The van der Waals surface area contributed by atoms with Crippen molar-refractivity contribution in [2.45, 2.75) is 16.8 Å². The first-order valence-corrected chi connectivity index (χ1v) is 11.2. The van der Waals surface area contributed by atoms with Crippen LogP contribution in [0.2, 0.25) is 0 Å². The van der Waals surface area contributed by atoms with Gasteiger partial charge in [0.25, 0.3) is 0 Å². The van der Waals surface area contributed by atoms with Gasteiger partial charge in [0.05, 0.1) is 15.1 Å². The summed E-state index contributed by atoms with van der Waals surface area (Å²) in [5.74, 6) is 0.569. The largest absolute Gasteiger partial charge is 0.339 e. The standard InChI is InChI=1S/C20H15N5O2S2/c1-13-6-5-7-14(12-13)21-18-17-16(10-11-28-17)25-19(22-18)20(23-24-25)29(26,27)15-8-3-2-4-9-15/h2-12H,1H3,(H,21,22). The Kier molecular flexibility index (Phi) is 4.07. The molecule has 5 aromatic rings. The maximum atomic E-state index is 13.1. The third-order valence-corrected chi connectivity index (χ3v) is 7.09. The smallest absolute Gasteiger partial charge is 0.229 e. The van der Waals surface area contributed by atoms with Gasteiger partial charge in [0.1, 0.15) is 0 Å². The van der Waals surface area contributed by atoms with Gasteiger partial charge in [-0.3, -0.25) is 0 Å². The summed E-state index contributed by atoms with van der Waals surface area (Å²) >= 11 is 1.50. The van der Waals surface area contributed by atoms with Crippen molar-refractivity contribution in [3.63, 3.8) is 0 Å². The van der Waals surface area contributed by atoms with Crippen molar-refractivity contribution in [2.24, 2.45) is 0 Å². The second-order valence-corrected chi connectivity index (χ2v) is 9.32. The Labute approximate surface area is 170 Å². The van der Waals surface area contributed by atoms with Crippen LogP contribution in [0.1, 0.15) is 5.56 Å². The number of sulfone groups is 1. The SMILES string of the molecule is Cc1cccc(Nc2nc3c(S(=O)(=O)c4ccccc4)nnn3c3ccsc23)c1. The average Bonchev–Trinajstić information content (AvgIpc) is 3.36. The van der Waals surface area contributed by atoms with Gasteiger partial charge in [-0.2, -0.15) is 4.52 Å². The first kappa shape index (κ1) is 17.8. The number of nitrogens with one attached hydrogen (secondary N) is 1. The molecule has 3 heterocycles. The third kappa shape index (κ3) is 2.95. The van der Waals surface area contributed by atoms with Crippen LogP contribution in [0, 0.1) is 6.92 Å². The van der Waals surface area contributed by atoms with Crippen molar-refractivity contribution in [1.82, 2.24) is 19.8 Å². The van der Waals surface area contributed by atoms with Crippen molar-refractivity contribution in [3.8, 4) is 0 Å². The molecule has 0 atom stereocenters. The number of fused-ring (bicyclic) bond motifs is 3. The lowest BCUT2D eigenvalue weighted by molar-refractivity contribution is 0.592. The Morgan fingerprint density at radius 3 is 2.66 bits per heavy atom. The molecule has 0 bridgehead atoms. The van der Waals surface area contributed by atoms with E-state index in [4.69, 9.17) is 0 Å². The number of rotatable bonds is 4. The van der Waals surface area contributed by atoms with Crippen LogP contribution in [0.15, 0.2) is 76.0 Å². The Morgan fingerprint density at radius 1 is 1.03 bits per heavy atom. The molecule has 9 heteroatoms. The summed E-state index contributed by atoms with van der Waals surface area (Å²) in [6.07, 6.45) is 0. The van der Waals surface area contributed by atoms with Gasteiger partial charge in [-0.05, 0) is 48.2 Å². The topological polar surface area (TPSA) is 89.2 Å². The minimum Gasteiger partial charge on any atom is -0.339 e. The number of nitrogens with zero attached hydrogens (tertiary/aromatic N) is 4. The van der Waals surface area contributed by atoms with E-state index in [9.17, 15) is 8.42 Å². The van der Waals surface area contributed by atoms with E-state index in [1.165, 1.54) is 28.0 Å². The number of anilines is 2. The van der Waals surface area contributed by atoms with Crippen LogP contribution in [0.4, 0.5) is 11.5 Å². The van der Waals surface area contributed by atoms with E-state index in [-0.39, 0.29) is 15.6 Å². The van der Waals surface area contributed by atoms with Crippen molar-refractivity contribution in [1.29, 1.82) is 0 Å². The number of hydrogen-bond acceptors (Lipinski definition) is 7. The van der Waals surface area contributed by atoms with E-state index in [2.05, 4.69) is 20.6 Å². The molecule has 0 fully saturated rings. The van der Waals surface area contributed by atoms with Gasteiger partial charge in [0.15, 0.2) is 11.5 Å². The molecular weight excluding hydrogens is 406 g/mol. The van der Waals surface area contributed by atoms with E-state index in [0.29, 0.717) is 5.82 Å². The zero-order chi connectivity index (χ0) is 20.0. The van der Waals surface area contributed by atoms with Crippen molar-refractivity contribution < 1.29 is 8.42 Å². The number of benzene rings is 2. The van der Waals surface area contributed by atoms with Gasteiger partial charge >= 0.3 is 0 Å². The van der Waals surface area contributed by atoms with Crippen LogP contribution in [0.25, 0.3) is 15.9 Å². The number of hydrogen-bond donors (Lipinski definition) is 1. The Morgan fingerprint density at radius 2 is 1.86 bits per heavy atom. The molecule has 5 rings (SSSR count). The summed E-state index contributed by atoms with van der Waals surface area (Å²) in [6.45, 7) is 2.01. The molecule has 0 amide bonds. The van der Waals surface area contributed by atoms with E-state index in [0.717, 1.165) is 21.5 Å². The highest BCUT2D eigenvalue weighted by molar-refractivity contribution is 7.91. The molecule has 7 nitrogen and oxygen atoms in total. The van der Waals surface area contributed by atoms with Crippen molar-refractivity contribution in [3.05, 3.63) is 71.6 Å². The first-order valence-electron chi connectivity index (χ1n) is 8.80. The summed E-state index contributed by atoms with van der Waals surface area (Å²) in [5.41, 5.74) is 2.92. The fraction of sp³-hybridized carbons (Fsp3) is 0.0500. The van der Waals surface area contributed by atoms with Crippen molar-refractivity contribution in [2.75, 3.05) is 5.32 Å². The minimum absolute atomic E-state index is 0.155. The average molecular weight is 422 g/mol. The van der Waals surface area contributed by atoms with Crippen molar-refractivity contribution >= 4 is 48.5 Å². The fourth-order valence-electron chi connectivity index (χ4n) is 3.15. The second kappa shape index (κ2) is 6.64. The normalized spacial score (nSPS) is 11.9. The Bertz CT molecular complexity index is 1460. The minimum atomic E-state index is -3.85. The lowest BCUT2D eigenvalue weighted by atomic mass is 10.2. The predicted octanol–water partition coefficient (Wildman–Crippen LogP) is 4.22. The summed E-state index contributed by atoms with van der Waals surface area (Å²) in [4.78, 5) is 4.77. The molecule has 1 N–H and O–H groups in total. The van der Waals surface area contributed by atoms with Crippen LogP contribution >= 0.6 is 11.3 Å². The molecule has 0 unspecified atom stereocenters. The zero-order valence-corrected chi connectivity index (χ0v) is 16.9. The van der Waals surface area contributed by atoms with E-state index in [1.54, 1.807) is 18.2 Å². The summed E-state index contributed by atoms with van der Waals surface area (Å²) in [5, 5.41) is 13.1. The monoisotopic (exact) mass is 421 g/mol. The highest BCUT2D eigenvalue weighted by Crippen LogP contribution is 2.32. The Balaban J connectivity index is 1.73. The molecule has 0 radical (unpaired) electrons. The van der Waals surface area contributed by atoms with Crippen LogP contribution in [0.5, 0.6) is 0 Å². The van der Waals surface area contributed by atoms with Gasteiger partial charge < -0.3 is 5.32 Å². The molecule has 0 aliphatic heterocycles. The summed E-state index contributed by atoms with van der Waals surface area (Å²) in [6, 6.07) is 18.0. The highest BCUT2D eigenvalue weighted by atomic mass is 32.2. The molecule has 2 aromatic carbocycles. The van der Waals surface area contributed by atoms with E-state index < -0.39 is 9.84 Å². The van der Waals surface area contributed by atoms with E-state index >= 15 is 0 Å². The van der Waals surface area contributed by atoms with E-state index in [1.807, 2.05) is 42.6 Å². The van der Waals surface area contributed by atoms with Crippen LogP contribution in [-0.4, -0.2) is 28.2 Å². The lowest BCUT2D eigenvalue weighted by Gasteiger charge is -2.09. The molecule has 0 saturated heterocycles. The fourth-order valence-corrected chi connectivity index (χ4v) is 5.22. The quantitative estimate of drug-likeness (QED) is 0.467. The summed E-state index contributed by atoms with van der Waals surface area (Å²) < 4.78 is 28.6. The molecule has 0 aliphatic rings. The molecule has 0 saturated carbocycles. The predicted molar refractivity (Wildman–Crippen MR) is 113 cm³/mol. The molecular formula is C20H15N5O2S2. The van der Waals surface area contributed by atoms with Crippen LogP contribution < -0.4 is 5.32 Å². The maximum Gasteiger partial charge on any atom is 0.229 e. The lowest BCUT2D eigenvalue weighted by Crippen LogP contribution is -2.05. The van der Waals surface area contributed by atoms with Crippen LogP contribution in [-0.2, 0) is 9.84 Å². The van der Waals surface area contributed by atoms with Gasteiger partial charge in [-0.15, -0.1) is 16.4 Å². The van der Waals surface area contributed by atoms with Crippen LogP contribution in [0.3, 0.4) is 0 Å². The highest BCUT2D eigenvalue weighted by Gasteiger charge is 2.27. The zero-order valence-electron chi connectivity index (χ0n) is 15.3. The Hall–Kier alpha value is -3.30. The van der Waals surface area contributed by atoms with Gasteiger partial charge in [-0.25, -0.2) is 13.4 Å². The van der Waals surface area contributed by atoms with Gasteiger partial charge in [-0.1, -0.05) is 35.5 Å². The molecule has 0 aliphatic carbocycles. The number of aromatic nitrogens is 4. The number of aryl methyl sites for hydroxylation is 1. The molecule has 3 aromatic heterocycles. The molecule has 0 spiro atoms.